The van der Waals surface area contributed by atoms with Crippen molar-refractivity contribution < 1.29 is 17.9 Å². The molecular weight excluding hydrogens is 378 g/mol. The second-order valence-corrected chi connectivity index (χ2v) is 10.3. The highest BCUT2D eigenvalue weighted by Gasteiger charge is 2.50. The van der Waals surface area contributed by atoms with E-state index in [-0.39, 0.29) is 17.5 Å². The van der Waals surface area contributed by atoms with Crippen molar-refractivity contribution in [3.63, 3.8) is 0 Å². The molecule has 1 spiro atoms. The maximum atomic E-state index is 13.0. The number of hydrogen-bond donors (Lipinski definition) is 0. The van der Waals surface area contributed by atoms with Crippen LogP contribution in [-0.2, 0) is 26.1 Å². The third-order valence-electron chi connectivity index (χ3n) is 6.38. The predicted molar refractivity (Wildman–Crippen MR) is 106 cm³/mol. The van der Waals surface area contributed by atoms with Crippen molar-refractivity contribution >= 4 is 15.9 Å². The van der Waals surface area contributed by atoms with Gasteiger partial charge in [-0.25, -0.2) is 12.7 Å². The maximum Gasteiger partial charge on any atom is 0.237 e. The van der Waals surface area contributed by atoms with Gasteiger partial charge < -0.3 is 9.64 Å². The molecule has 3 heterocycles. The molecule has 1 aromatic rings. The van der Waals surface area contributed by atoms with E-state index in [2.05, 4.69) is 17.0 Å². The van der Waals surface area contributed by atoms with E-state index in [1.807, 2.05) is 23.1 Å². The van der Waals surface area contributed by atoms with E-state index in [9.17, 15) is 13.2 Å². The molecule has 4 rings (SSSR count). The van der Waals surface area contributed by atoms with Crippen molar-refractivity contribution in [2.45, 2.75) is 37.4 Å². The smallest absolute Gasteiger partial charge is 0.237 e. The van der Waals surface area contributed by atoms with Crippen molar-refractivity contribution in [3.05, 3.63) is 35.9 Å². The van der Waals surface area contributed by atoms with E-state index in [1.54, 1.807) is 4.31 Å². The fraction of sp³-hybridized carbons (Fsp3) is 0.650. The molecule has 1 atom stereocenters. The lowest BCUT2D eigenvalue weighted by molar-refractivity contribution is -0.148. The van der Waals surface area contributed by atoms with Crippen LogP contribution >= 0.6 is 0 Å². The predicted octanol–water partition coefficient (Wildman–Crippen LogP) is 0.914. The van der Waals surface area contributed by atoms with Gasteiger partial charge in [0, 0.05) is 38.8 Å². The quantitative estimate of drug-likeness (QED) is 0.742. The molecule has 0 saturated carbocycles. The Hall–Kier alpha value is -1.48. The summed E-state index contributed by atoms with van der Waals surface area (Å²) in [6.07, 6.45) is 3.71. The monoisotopic (exact) mass is 407 g/mol. The van der Waals surface area contributed by atoms with Crippen LogP contribution in [0.5, 0.6) is 0 Å². The van der Waals surface area contributed by atoms with E-state index in [0.29, 0.717) is 45.9 Å². The zero-order valence-electron chi connectivity index (χ0n) is 16.4. The summed E-state index contributed by atoms with van der Waals surface area (Å²) >= 11 is 0. The van der Waals surface area contributed by atoms with Crippen LogP contribution < -0.4 is 0 Å². The van der Waals surface area contributed by atoms with Crippen molar-refractivity contribution in [1.82, 2.24) is 14.1 Å². The van der Waals surface area contributed by atoms with Crippen molar-refractivity contribution in [3.8, 4) is 0 Å². The molecule has 8 heteroatoms. The van der Waals surface area contributed by atoms with Crippen LogP contribution in [0.3, 0.4) is 0 Å². The Morgan fingerprint density at radius 2 is 1.89 bits per heavy atom. The average molecular weight is 408 g/mol. The van der Waals surface area contributed by atoms with Gasteiger partial charge in [-0.1, -0.05) is 30.3 Å². The van der Waals surface area contributed by atoms with Crippen LogP contribution in [0, 0.1) is 0 Å². The second-order valence-electron chi connectivity index (χ2n) is 8.28. The molecule has 0 aromatic heterocycles. The highest BCUT2D eigenvalue weighted by atomic mass is 32.2. The topological polar surface area (TPSA) is 70.2 Å². The highest BCUT2D eigenvalue weighted by molar-refractivity contribution is 7.88. The number of benzene rings is 1. The minimum Gasteiger partial charge on any atom is -0.379 e. The molecule has 0 N–H and O–H groups in total. The minimum absolute atomic E-state index is 0.145. The Morgan fingerprint density at radius 1 is 1.18 bits per heavy atom. The molecule has 1 aromatic carbocycles. The first-order chi connectivity index (χ1) is 13.4. The van der Waals surface area contributed by atoms with Gasteiger partial charge in [0.25, 0.3) is 0 Å². The average Bonchev–Trinajstić information content (AvgIpc) is 3.14. The molecule has 3 aliphatic rings. The lowest BCUT2D eigenvalue weighted by atomic mass is 9.88. The van der Waals surface area contributed by atoms with Crippen LogP contribution in [0.1, 0.15) is 24.8 Å². The standard InChI is InChI=1S/C20H29N3O4S/c1-28(25,26)22-10-7-18(8-11-22)23-14-19(24)21(13-17-5-3-2-4-6-17)15-20(23)9-12-27-16-20/h2-6,18H,7-16H2,1H3. The van der Waals surface area contributed by atoms with Crippen molar-refractivity contribution in [1.29, 1.82) is 0 Å². The minimum atomic E-state index is -3.15. The maximum absolute atomic E-state index is 13.0. The van der Waals surface area contributed by atoms with Crippen molar-refractivity contribution in [2.75, 3.05) is 45.6 Å². The molecule has 1 amide bonds. The van der Waals surface area contributed by atoms with Crippen LogP contribution in [0.25, 0.3) is 0 Å². The van der Waals surface area contributed by atoms with Gasteiger partial charge in [-0.3, -0.25) is 9.69 Å². The summed E-state index contributed by atoms with van der Waals surface area (Å²) in [5.41, 5.74) is 0.987. The summed E-state index contributed by atoms with van der Waals surface area (Å²) in [7, 11) is -3.15. The summed E-state index contributed by atoms with van der Waals surface area (Å²) < 4.78 is 31.0. The van der Waals surface area contributed by atoms with E-state index < -0.39 is 10.0 Å². The Balaban J connectivity index is 1.49. The summed E-state index contributed by atoms with van der Waals surface area (Å²) in [6, 6.07) is 10.3. The molecule has 154 valence electrons. The summed E-state index contributed by atoms with van der Waals surface area (Å²) in [4.78, 5) is 17.3. The number of rotatable bonds is 4. The lowest BCUT2D eigenvalue weighted by Gasteiger charge is -2.52. The normalized spacial score (nSPS) is 28.3. The molecular formula is C20H29N3O4S. The first-order valence-corrected chi connectivity index (χ1v) is 11.8. The first-order valence-electron chi connectivity index (χ1n) is 9.99. The number of amides is 1. The third kappa shape index (κ3) is 3.96. The number of hydrogen-bond acceptors (Lipinski definition) is 5. The zero-order valence-corrected chi connectivity index (χ0v) is 17.2. The number of sulfonamides is 1. The van der Waals surface area contributed by atoms with E-state index in [0.717, 1.165) is 24.8 Å². The van der Waals surface area contributed by atoms with Gasteiger partial charge in [-0.05, 0) is 24.8 Å². The molecule has 3 saturated heterocycles. The highest BCUT2D eigenvalue weighted by Crippen LogP contribution is 2.35. The van der Waals surface area contributed by atoms with Gasteiger partial charge in [0.15, 0.2) is 0 Å². The van der Waals surface area contributed by atoms with Crippen LogP contribution in [0.15, 0.2) is 30.3 Å². The Bertz CT molecular complexity index is 800. The van der Waals surface area contributed by atoms with E-state index >= 15 is 0 Å². The van der Waals surface area contributed by atoms with Crippen LogP contribution in [-0.4, -0.2) is 85.7 Å². The van der Waals surface area contributed by atoms with E-state index in [4.69, 9.17) is 4.74 Å². The molecule has 0 aliphatic carbocycles. The second kappa shape index (κ2) is 7.74. The Labute approximate surface area is 167 Å². The molecule has 7 nitrogen and oxygen atoms in total. The molecule has 3 fully saturated rings. The number of carbonyl (C=O) groups excluding carboxylic acids is 1. The Kier molecular flexibility index (Phi) is 5.48. The largest absolute Gasteiger partial charge is 0.379 e. The van der Waals surface area contributed by atoms with Gasteiger partial charge >= 0.3 is 0 Å². The molecule has 3 aliphatic heterocycles. The summed E-state index contributed by atoms with van der Waals surface area (Å²) in [5.74, 6) is 0.145. The van der Waals surface area contributed by atoms with Crippen LogP contribution in [0.4, 0.5) is 0 Å². The fourth-order valence-electron chi connectivity index (χ4n) is 4.85. The first kappa shape index (κ1) is 19.8. The van der Waals surface area contributed by atoms with Gasteiger partial charge in [0.2, 0.25) is 15.9 Å². The number of piperidine rings is 1. The van der Waals surface area contributed by atoms with E-state index in [1.165, 1.54) is 6.26 Å². The zero-order chi connectivity index (χ0) is 19.8. The number of ether oxygens (including phenoxy) is 1. The third-order valence-corrected chi connectivity index (χ3v) is 7.69. The van der Waals surface area contributed by atoms with Gasteiger partial charge in [0.1, 0.15) is 0 Å². The molecule has 0 bridgehead atoms. The number of piperazine rings is 1. The summed E-state index contributed by atoms with van der Waals surface area (Å²) in [6.45, 7) is 4.09. The summed E-state index contributed by atoms with van der Waals surface area (Å²) in [5, 5.41) is 0. The molecule has 0 radical (unpaired) electrons. The van der Waals surface area contributed by atoms with Gasteiger partial charge in [0.05, 0.1) is 24.9 Å². The Morgan fingerprint density at radius 3 is 2.50 bits per heavy atom. The number of nitrogens with zero attached hydrogens (tertiary/aromatic N) is 3. The van der Waals surface area contributed by atoms with Gasteiger partial charge in [-0.15, -0.1) is 0 Å². The van der Waals surface area contributed by atoms with Crippen molar-refractivity contribution in [2.24, 2.45) is 0 Å². The molecule has 1 unspecified atom stereocenters. The van der Waals surface area contributed by atoms with Gasteiger partial charge in [-0.2, -0.15) is 0 Å². The number of carbonyl (C=O) groups is 1. The SMILES string of the molecule is CS(=O)(=O)N1CCC(N2CC(=O)N(Cc3ccccc3)CC23CCOC3)CC1. The lowest BCUT2D eigenvalue weighted by Crippen LogP contribution is -2.68. The van der Waals surface area contributed by atoms with Crippen LogP contribution in [0.2, 0.25) is 0 Å². The fourth-order valence-corrected chi connectivity index (χ4v) is 5.72. The molecule has 28 heavy (non-hydrogen) atoms.